The minimum atomic E-state index is 0.613. The van der Waals surface area contributed by atoms with Crippen molar-refractivity contribution in [3.05, 3.63) is 94.2 Å². The van der Waals surface area contributed by atoms with Gasteiger partial charge < -0.3 is 0 Å². The first-order valence-corrected chi connectivity index (χ1v) is 10.9. The lowest BCUT2D eigenvalue weighted by Crippen LogP contribution is -2.52. The molecule has 27 heavy (non-hydrogen) atoms. The molecular weight excluding hydrogens is 348 g/mol. The van der Waals surface area contributed by atoms with Crippen molar-refractivity contribution in [2.75, 3.05) is 19.6 Å². The number of hydrogen-bond acceptors (Lipinski definition) is 3. The second-order valence-corrected chi connectivity index (χ2v) is 8.28. The predicted octanol–water partition coefficient (Wildman–Crippen LogP) is 5.07. The third-order valence-electron chi connectivity index (χ3n) is 5.51. The number of aryl methyl sites for hydroxylation is 1. The van der Waals surface area contributed by atoms with Crippen molar-refractivity contribution in [2.24, 2.45) is 0 Å². The summed E-state index contributed by atoms with van der Waals surface area (Å²) in [5, 5.41) is 4.49. The maximum Gasteiger partial charge on any atom is 0.0237 e. The molecule has 1 aliphatic rings. The highest BCUT2D eigenvalue weighted by Gasteiger charge is 2.26. The number of thiophene rings is 1. The van der Waals surface area contributed by atoms with Gasteiger partial charge >= 0.3 is 0 Å². The van der Waals surface area contributed by atoms with Crippen LogP contribution in [0.3, 0.4) is 0 Å². The van der Waals surface area contributed by atoms with Crippen LogP contribution in [0, 0.1) is 0 Å². The molecule has 0 amide bonds. The summed E-state index contributed by atoms with van der Waals surface area (Å²) >= 11 is 1.81. The van der Waals surface area contributed by atoms with Crippen LogP contribution in [0.4, 0.5) is 0 Å². The Kier molecular flexibility index (Phi) is 6.36. The lowest BCUT2D eigenvalue weighted by Gasteiger charge is -2.42. The van der Waals surface area contributed by atoms with Crippen molar-refractivity contribution in [1.29, 1.82) is 0 Å². The molecule has 0 aliphatic carbocycles. The summed E-state index contributed by atoms with van der Waals surface area (Å²) < 4.78 is 0. The molecule has 0 radical (unpaired) electrons. The van der Waals surface area contributed by atoms with Crippen molar-refractivity contribution in [3.63, 3.8) is 0 Å². The van der Waals surface area contributed by atoms with E-state index in [0.717, 1.165) is 32.7 Å². The van der Waals surface area contributed by atoms with Gasteiger partial charge in [-0.25, -0.2) is 0 Å². The molecule has 0 saturated carbocycles. The Bertz CT molecular complexity index is 786. The zero-order valence-electron chi connectivity index (χ0n) is 15.8. The van der Waals surface area contributed by atoms with Crippen molar-refractivity contribution in [2.45, 2.75) is 32.0 Å². The van der Waals surface area contributed by atoms with Crippen molar-refractivity contribution < 1.29 is 0 Å². The van der Waals surface area contributed by atoms with E-state index in [2.05, 4.69) is 87.3 Å². The molecule has 4 rings (SSSR count). The first-order chi connectivity index (χ1) is 13.4. The van der Waals surface area contributed by atoms with E-state index in [9.17, 15) is 0 Å². The van der Waals surface area contributed by atoms with Crippen LogP contribution >= 0.6 is 11.3 Å². The van der Waals surface area contributed by atoms with E-state index in [0.29, 0.717) is 6.04 Å². The predicted molar refractivity (Wildman–Crippen MR) is 115 cm³/mol. The van der Waals surface area contributed by atoms with E-state index in [1.54, 1.807) is 0 Å². The maximum absolute atomic E-state index is 2.70. The molecule has 1 aromatic heterocycles. The number of rotatable bonds is 7. The summed E-state index contributed by atoms with van der Waals surface area (Å²) in [5.41, 5.74) is 4.33. The molecule has 2 nitrogen and oxygen atoms in total. The van der Waals surface area contributed by atoms with Gasteiger partial charge in [-0.1, -0.05) is 60.7 Å². The first kappa shape index (κ1) is 18.4. The molecule has 3 heteroatoms. The Morgan fingerprint density at radius 2 is 1.48 bits per heavy atom. The van der Waals surface area contributed by atoms with Crippen LogP contribution in [-0.4, -0.2) is 35.5 Å². The minimum absolute atomic E-state index is 0.613. The van der Waals surface area contributed by atoms with Crippen LogP contribution in [0.25, 0.3) is 0 Å². The lowest BCUT2D eigenvalue weighted by atomic mass is 10.0. The zero-order valence-corrected chi connectivity index (χ0v) is 16.7. The van der Waals surface area contributed by atoms with E-state index in [4.69, 9.17) is 0 Å². The normalized spacial score (nSPS) is 18.6. The van der Waals surface area contributed by atoms with Crippen molar-refractivity contribution in [3.8, 4) is 0 Å². The van der Waals surface area contributed by atoms with Gasteiger partial charge in [-0.05, 0) is 46.4 Å². The molecule has 1 fully saturated rings. The van der Waals surface area contributed by atoms with Gasteiger partial charge in [0.2, 0.25) is 0 Å². The topological polar surface area (TPSA) is 6.48 Å². The molecule has 1 aliphatic heterocycles. The summed E-state index contributed by atoms with van der Waals surface area (Å²) in [5.74, 6) is 0. The van der Waals surface area contributed by atoms with Gasteiger partial charge in [0.05, 0.1) is 0 Å². The van der Waals surface area contributed by atoms with Crippen LogP contribution in [0.15, 0.2) is 77.5 Å². The second kappa shape index (κ2) is 9.32. The quantitative estimate of drug-likeness (QED) is 0.568. The number of piperazine rings is 1. The van der Waals surface area contributed by atoms with Crippen molar-refractivity contribution in [1.82, 2.24) is 9.80 Å². The molecule has 0 N–H and O–H groups in total. The lowest BCUT2D eigenvalue weighted by molar-refractivity contribution is 0.0597. The smallest absolute Gasteiger partial charge is 0.0237 e. The van der Waals surface area contributed by atoms with Crippen LogP contribution < -0.4 is 0 Å². The average Bonchev–Trinajstić information content (AvgIpc) is 3.23. The molecule has 2 heterocycles. The molecule has 1 atom stereocenters. The molecule has 0 spiro atoms. The highest BCUT2D eigenvalue weighted by Crippen LogP contribution is 2.21. The average molecular weight is 377 g/mol. The van der Waals surface area contributed by atoms with Gasteiger partial charge in [-0.15, -0.1) is 0 Å². The van der Waals surface area contributed by atoms with Gasteiger partial charge in [-0.2, -0.15) is 11.3 Å². The van der Waals surface area contributed by atoms with E-state index in [1.807, 2.05) is 11.3 Å². The fourth-order valence-corrected chi connectivity index (χ4v) is 4.71. The Labute approximate surface area is 167 Å². The standard InChI is InChI=1S/C24H28N2S/c1-3-7-21(8-4-1)17-25-14-15-26(18-22-9-5-2-6-10-22)24(19-25)12-11-23-13-16-27-20-23/h1-10,13,16,20,24H,11-12,14-15,17-19H2/t24-/m0/s1. The summed E-state index contributed by atoms with van der Waals surface area (Å²) in [6.45, 7) is 5.59. The highest BCUT2D eigenvalue weighted by molar-refractivity contribution is 7.07. The largest absolute Gasteiger partial charge is 0.296 e. The van der Waals surface area contributed by atoms with Crippen LogP contribution in [0.5, 0.6) is 0 Å². The van der Waals surface area contributed by atoms with Gasteiger partial charge in [0.1, 0.15) is 0 Å². The van der Waals surface area contributed by atoms with Crippen LogP contribution in [0.1, 0.15) is 23.1 Å². The third-order valence-corrected chi connectivity index (χ3v) is 6.24. The van der Waals surface area contributed by atoms with Gasteiger partial charge in [0.25, 0.3) is 0 Å². The molecule has 3 aromatic rings. The first-order valence-electron chi connectivity index (χ1n) is 9.92. The zero-order chi connectivity index (χ0) is 18.3. The van der Waals surface area contributed by atoms with Gasteiger partial charge in [-0.3, -0.25) is 9.80 Å². The van der Waals surface area contributed by atoms with Crippen LogP contribution in [-0.2, 0) is 19.5 Å². The summed E-state index contributed by atoms with van der Waals surface area (Å²) in [7, 11) is 0. The fraction of sp³-hybridized carbons (Fsp3) is 0.333. The van der Waals surface area contributed by atoms with Gasteiger partial charge in [0, 0.05) is 38.8 Å². The molecule has 0 unspecified atom stereocenters. The molecular formula is C24H28N2S. The second-order valence-electron chi connectivity index (χ2n) is 7.50. The minimum Gasteiger partial charge on any atom is -0.296 e. The van der Waals surface area contributed by atoms with E-state index in [-0.39, 0.29) is 0 Å². The highest BCUT2D eigenvalue weighted by atomic mass is 32.1. The van der Waals surface area contributed by atoms with E-state index < -0.39 is 0 Å². The molecule has 1 saturated heterocycles. The monoisotopic (exact) mass is 376 g/mol. The third kappa shape index (κ3) is 5.29. The van der Waals surface area contributed by atoms with Crippen molar-refractivity contribution >= 4 is 11.3 Å². The Morgan fingerprint density at radius 3 is 2.15 bits per heavy atom. The number of benzene rings is 2. The summed E-state index contributed by atoms with van der Waals surface area (Å²) in [6.07, 6.45) is 2.41. The van der Waals surface area contributed by atoms with E-state index in [1.165, 1.54) is 29.5 Å². The Balaban J connectivity index is 1.42. The molecule has 140 valence electrons. The Hall–Kier alpha value is -1.94. The molecule has 2 aromatic carbocycles. The molecule has 0 bridgehead atoms. The Morgan fingerprint density at radius 1 is 0.778 bits per heavy atom. The maximum atomic E-state index is 2.70. The van der Waals surface area contributed by atoms with E-state index >= 15 is 0 Å². The van der Waals surface area contributed by atoms with Gasteiger partial charge in [0.15, 0.2) is 0 Å². The summed E-state index contributed by atoms with van der Waals surface area (Å²) in [6, 6.07) is 24.7. The fourth-order valence-electron chi connectivity index (χ4n) is 4.01. The SMILES string of the molecule is c1ccc(CN2CCN(Cc3ccccc3)[C@@H](CCc3ccsc3)C2)cc1. The summed E-state index contributed by atoms with van der Waals surface area (Å²) in [4.78, 5) is 5.33. The number of nitrogens with zero attached hydrogens (tertiary/aromatic N) is 2. The number of hydrogen-bond donors (Lipinski definition) is 0. The van der Waals surface area contributed by atoms with Crippen LogP contribution in [0.2, 0.25) is 0 Å².